The molecule has 0 radical (unpaired) electrons. The highest BCUT2D eigenvalue weighted by molar-refractivity contribution is 6.31. The molecule has 0 atom stereocenters. The zero-order chi connectivity index (χ0) is 17.0. The molecule has 0 aliphatic carbocycles. The molecule has 0 aromatic heterocycles. The predicted octanol–water partition coefficient (Wildman–Crippen LogP) is 3.59. The van der Waals surface area contributed by atoms with E-state index in [1.54, 1.807) is 12.1 Å². The summed E-state index contributed by atoms with van der Waals surface area (Å²) in [4.78, 5) is 24.0. The summed E-state index contributed by atoms with van der Waals surface area (Å²) in [5, 5.41) is 11.2. The van der Waals surface area contributed by atoms with Crippen molar-refractivity contribution in [2.45, 2.75) is 13.0 Å². The number of likely N-dealkylation sites (N-methyl/N-ethyl adjacent to an activating group) is 1. The van der Waals surface area contributed by atoms with E-state index in [4.69, 9.17) is 11.6 Å². The molecule has 0 saturated carbocycles. The highest BCUT2D eigenvalue weighted by Crippen LogP contribution is 2.22. The minimum absolute atomic E-state index is 0.00896. The van der Waals surface area contributed by atoms with Gasteiger partial charge in [-0.25, -0.2) is 4.39 Å². The maximum absolute atomic E-state index is 13.8. The van der Waals surface area contributed by atoms with Crippen LogP contribution in [0.25, 0.3) is 0 Å². The molecule has 0 heterocycles. The predicted molar refractivity (Wildman–Crippen MR) is 84.7 cm³/mol. The molecular weight excluding hydrogens is 323 g/mol. The SMILES string of the molecule is CN(Cc1c(F)cccc1Cl)C(=O)Cc1ccccc1[N+](=O)[O-]. The van der Waals surface area contributed by atoms with Crippen molar-refractivity contribution in [2.75, 3.05) is 7.05 Å². The van der Waals surface area contributed by atoms with Crippen molar-refractivity contribution in [3.05, 3.63) is 74.5 Å². The Balaban J connectivity index is 2.14. The molecule has 2 rings (SSSR count). The second kappa shape index (κ2) is 7.19. The minimum Gasteiger partial charge on any atom is -0.341 e. The molecule has 0 spiro atoms. The highest BCUT2D eigenvalue weighted by atomic mass is 35.5. The number of nitro groups is 1. The van der Waals surface area contributed by atoms with Crippen molar-refractivity contribution in [3.63, 3.8) is 0 Å². The van der Waals surface area contributed by atoms with Gasteiger partial charge >= 0.3 is 0 Å². The van der Waals surface area contributed by atoms with Crippen LogP contribution < -0.4 is 0 Å². The second-order valence-corrected chi connectivity index (χ2v) is 5.42. The molecule has 0 bridgehead atoms. The number of nitrogens with zero attached hydrogens (tertiary/aromatic N) is 2. The van der Waals surface area contributed by atoms with Gasteiger partial charge in [-0.3, -0.25) is 14.9 Å². The van der Waals surface area contributed by atoms with Crippen molar-refractivity contribution in [2.24, 2.45) is 0 Å². The molecule has 0 unspecified atom stereocenters. The van der Waals surface area contributed by atoms with Crippen molar-refractivity contribution >= 4 is 23.2 Å². The number of hydrogen-bond acceptors (Lipinski definition) is 3. The Kier molecular flexibility index (Phi) is 5.28. The van der Waals surface area contributed by atoms with E-state index in [0.717, 1.165) is 0 Å². The van der Waals surface area contributed by atoms with Gasteiger partial charge in [0.1, 0.15) is 5.82 Å². The van der Waals surface area contributed by atoms with E-state index in [1.807, 2.05) is 0 Å². The van der Waals surface area contributed by atoms with Gasteiger partial charge in [0.15, 0.2) is 0 Å². The number of halogens is 2. The number of benzene rings is 2. The minimum atomic E-state index is -0.531. The maximum Gasteiger partial charge on any atom is 0.273 e. The first-order valence-electron chi connectivity index (χ1n) is 6.79. The summed E-state index contributed by atoms with van der Waals surface area (Å²) in [5.41, 5.74) is 0.416. The molecule has 5 nitrogen and oxygen atoms in total. The van der Waals surface area contributed by atoms with E-state index in [-0.39, 0.29) is 35.1 Å². The van der Waals surface area contributed by atoms with Gasteiger partial charge in [0.05, 0.1) is 11.3 Å². The fraction of sp³-hybridized carbons (Fsp3) is 0.188. The van der Waals surface area contributed by atoms with Gasteiger partial charge in [0.25, 0.3) is 5.69 Å². The molecule has 0 saturated heterocycles. The monoisotopic (exact) mass is 336 g/mol. The molecule has 0 N–H and O–H groups in total. The van der Waals surface area contributed by atoms with Crippen LogP contribution in [-0.2, 0) is 17.8 Å². The average Bonchev–Trinajstić information content (AvgIpc) is 2.51. The smallest absolute Gasteiger partial charge is 0.273 e. The van der Waals surface area contributed by atoms with Crippen LogP contribution in [0.5, 0.6) is 0 Å². The summed E-state index contributed by atoms with van der Waals surface area (Å²) >= 11 is 5.94. The molecule has 0 aliphatic heterocycles. The summed E-state index contributed by atoms with van der Waals surface area (Å²) in [6, 6.07) is 10.3. The molecule has 120 valence electrons. The number of nitro benzene ring substituents is 1. The summed E-state index contributed by atoms with van der Waals surface area (Å²) in [6.07, 6.45) is -0.139. The van der Waals surface area contributed by atoms with Gasteiger partial charge in [-0.05, 0) is 12.1 Å². The van der Waals surface area contributed by atoms with Crippen LogP contribution in [0.2, 0.25) is 5.02 Å². The van der Waals surface area contributed by atoms with Crippen molar-refractivity contribution in [3.8, 4) is 0 Å². The average molecular weight is 337 g/mol. The third kappa shape index (κ3) is 4.04. The third-order valence-electron chi connectivity index (χ3n) is 3.41. The molecule has 1 amide bonds. The summed E-state index contributed by atoms with van der Waals surface area (Å²) in [5.74, 6) is -0.860. The van der Waals surface area contributed by atoms with Crippen molar-refractivity contribution < 1.29 is 14.1 Å². The lowest BCUT2D eigenvalue weighted by Crippen LogP contribution is -2.28. The Morgan fingerprint density at radius 1 is 1.26 bits per heavy atom. The number of carbonyl (C=O) groups is 1. The first-order valence-corrected chi connectivity index (χ1v) is 7.17. The topological polar surface area (TPSA) is 63.5 Å². The van der Waals surface area contributed by atoms with Gasteiger partial charge in [0.2, 0.25) is 5.91 Å². The first-order chi connectivity index (χ1) is 10.9. The Hall–Kier alpha value is -2.47. The third-order valence-corrected chi connectivity index (χ3v) is 3.77. The van der Waals surface area contributed by atoms with E-state index >= 15 is 0 Å². The molecular formula is C16H14ClFN2O3. The van der Waals surface area contributed by atoms with Gasteiger partial charge in [-0.1, -0.05) is 35.9 Å². The Labute approximate surface area is 137 Å². The lowest BCUT2D eigenvalue weighted by molar-refractivity contribution is -0.385. The summed E-state index contributed by atoms with van der Waals surface area (Å²) < 4.78 is 13.8. The lowest BCUT2D eigenvalue weighted by Gasteiger charge is -2.18. The van der Waals surface area contributed by atoms with Crippen LogP contribution in [0.4, 0.5) is 10.1 Å². The van der Waals surface area contributed by atoms with Crippen LogP contribution in [0.1, 0.15) is 11.1 Å². The fourth-order valence-electron chi connectivity index (χ4n) is 2.15. The van der Waals surface area contributed by atoms with Crippen LogP contribution in [-0.4, -0.2) is 22.8 Å². The molecule has 2 aromatic carbocycles. The molecule has 23 heavy (non-hydrogen) atoms. The standard InChI is InChI=1S/C16H14ClFN2O3/c1-19(10-12-13(17)6-4-7-14(12)18)16(21)9-11-5-2-3-8-15(11)20(22)23/h2-8H,9-10H2,1H3. The van der Waals surface area contributed by atoms with E-state index in [2.05, 4.69) is 0 Å². The van der Waals surface area contributed by atoms with Gasteiger partial charge in [0, 0.05) is 35.8 Å². The maximum atomic E-state index is 13.8. The normalized spacial score (nSPS) is 10.4. The fourth-order valence-corrected chi connectivity index (χ4v) is 2.37. The van der Waals surface area contributed by atoms with E-state index in [0.29, 0.717) is 5.56 Å². The van der Waals surface area contributed by atoms with E-state index in [9.17, 15) is 19.3 Å². The molecule has 7 heteroatoms. The molecule has 0 fully saturated rings. The zero-order valence-electron chi connectivity index (χ0n) is 12.3. The van der Waals surface area contributed by atoms with Gasteiger partial charge in [-0.15, -0.1) is 0 Å². The highest BCUT2D eigenvalue weighted by Gasteiger charge is 2.19. The van der Waals surface area contributed by atoms with Crippen LogP contribution in [0.15, 0.2) is 42.5 Å². The number of carbonyl (C=O) groups excluding carboxylic acids is 1. The molecule has 0 aliphatic rings. The Morgan fingerprint density at radius 2 is 1.96 bits per heavy atom. The quantitative estimate of drug-likeness (QED) is 0.619. The summed E-state index contributed by atoms with van der Waals surface area (Å²) in [7, 11) is 1.50. The van der Waals surface area contributed by atoms with Crippen LogP contribution in [0.3, 0.4) is 0 Å². The van der Waals surface area contributed by atoms with Crippen LogP contribution in [0, 0.1) is 15.9 Å². The zero-order valence-corrected chi connectivity index (χ0v) is 13.1. The number of rotatable bonds is 5. The van der Waals surface area contributed by atoms with Gasteiger partial charge in [-0.2, -0.15) is 0 Å². The lowest BCUT2D eigenvalue weighted by atomic mass is 10.1. The Bertz CT molecular complexity index is 732. The van der Waals surface area contributed by atoms with Crippen LogP contribution >= 0.6 is 11.6 Å². The second-order valence-electron chi connectivity index (χ2n) is 5.01. The largest absolute Gasteiger partial charge is 0.341 e. The molecule has 2 aromatic rings. The number of hydrogen-bond donors (Lipinski definition) is 0. The van der Waals surface area contributed by atoms with Gasteiger partial charge < -0.3 is 4.90 Å². The first kappa shape index (κ1) is 16.9. The number of para-hydroxylation sites is 1. The van der Waals surface area contributed by atoms with E-state index in [1.165, 1.54) is 42.3 Å². The van der Waals surface area contributed by atoms with Crippen molar-refractivity contribution in [1.29, 1.82) is 0 Å². The Morgan fingerprint density at radius 3 is 2.61 bits per heavy atom. The van der Waals surface area contributed by atoms with Crippen molar-refractivity contribution in [1.82, 2.24) is 4.90 Å². The summed E-state index contributed by atoms with van der Waals surface area (Å²) in [6.45, 7) is -0.00896. The number of amides is 1. The van der Waals surface area contributed by atoms with E-state index < -0.39 is 10.7 Å².